The van der Waals surface area contributed by atoms with Gasteiger partial charge >= 0.3 is 0 Å². The zero-order valence-electron chi connectivity index (χ0n) is 15.7. The molecule has 0 fully saturated rings. The first-order valence-corrected chi connectivity index (χ1v) is 11.4. The van der Waals surface area contributed by atoms with Crippen LogP contribution in [0.25, 0.3) is 0 Å². The van der Waals surface area contributed by atoms with E-state index in [4.69, 9.17) is 4.74 Å². The van der Waals surface area contributed by atoms with Crippen LogP contribution < -0.4 is 4.74 Å². The van der Waals surface area contributed by atoms with Crippen molar-refractivity contribution in [1.29, 1.82) is 0 Å². The fourth-order valence-corrected chi connectivity index (χ4v) is 5.54. The summed E-state index contributed by atoms with van der Waals surface area (Å²) in [4.78, 5) is -0.127. The van der Waals surface area contributed by atoms with Crippen molar-refractivity contribution in [3.05, 3.63) is 77.9 Å². The first-order valence-electron chi connectivity index (χ1n) is 8.48. The highest BCUT2D eigenvalue weighted by atomic mass is 32.2. The minimum Gasteiger partial charge on any atom is -0.495 e. The molecular formula is C21H20O5S2. The Morgan fingerprint density at radius 2 is 1.04 bits per heavy atom. The maximum Gasteiger partial charge on any atom is 0.210 e. The molecule has 0 atom stereocenters. The van der Waals surface area contributed by atoms with Crippen LogP contribution in [0, 0.1) is 13.8 Å². The smallest absolute Gasteiger partial charge is 0.210 e. The molecule has 0 aliphatic carbocycles. The third-order valence-corrected chi connectivity index (χ3v) is 7.96. The van der Waals surface area contributed by atoms with Gasteiger partial charge in [0.1, 0.15) is 10.6 Å². The van der Waals surface area contributed by atoms with Gasteiger partial charge in [0.15, 0.2) is 0 Å². The normalized spacial score (nSPS) is 12.0. The molecule has 0 N–H and O–H groups in total. The fourth-order valence-electron chi connectivity index (χ4n) is 2.73. The van der Waals surface area contributed by atoms with Crippen LogP contribution in [0.1, 0.15) is 11.1 Å². The predicted octanol–water partition coefficient (Wildman–Crippen LogP) is 3.98. The van der Waals surface area contributed by atoms with Gasteiger partial charge in [0.05, 0.1) is 21.8 Å². The Labute approximate surface area is 165 Å². The van der Waals surface area contributed by atoms with E-state index in [0.717, 1.165) is 17.2 Å². The van der Waals surface area contributed by atoms with Crippen LogP contribution in [0.15, 0.2) is 86.3 Å². The van der Waals surface area contributed by atoms with Gasteiger partial charge in [0.2, 0.25) is 19.7 Å². The average Bonchev–Trinajstić information content (AvgIpc) is 2.68. The zero-order chi connectivity index (χ0) is 20.5. The lowest BCUT2D eigenvalue weighted by Crippen LogP contribution is -2.08. The van der Waals surface area contributed by atoms with Crippen molar-refractivity contribution in [1.82, 2.24) is 0 Å². The number of ether oxygens (including phenoxy) is 1. The molecule has 0 saturated heterocycles. The number of hydrogen-bond acceptors (Lipinski definition) is 5. The van der Waals surface area contributed by atoms with E-state index in [1.807, 2.05) is 13.8 Å². The number of rotatable bonds is 5. The van der Waals surface area contributed by atoms with Crippen LogP contribution in [0.4, 0.5) is 0 Å². The van der Waals surface area contributed by atoms with Gasteiger partial charge in [0.25, 0.3) is 0 Å². The summed E-state index contributed by atoms with van der Waals surface area (Å²) in [5.41, 5.74) is 1.85. The minimum absolute atomic E-state index is 0.0706. The second-order valence-corrected chi connectivity index (χ2v) is 10.3. The summed E-state index contributed by atoms with van der Waals surface area (Å²) in [6.45, 7) is 3.71. The van der Waals surface area contributed by atoms with E-state index in [9.17, 15) is 16.8 Å². The van der Waals surface area contributed by atoms with E-state index in [2.05, 4.69) is 0 Å². The lowest BCUT2D eigenvalue weighted by atomic mass is 10.2. The Morgan fingerprint density at radius 3 is 1.50 bits per heavy atom. The molecule has 0 saturated carbocycles. The van der Waals surface area contributed by atoms with Gasteiger partial charge in [-0.1, -0.05) is 35.4 Å². The van der Waals surface area contributed by atoms with Crippen molar-refractivity contribution in [2.75, 3.05) is 7.11 Å². The maximum atomic E-state index is 13.1. The molecule has 0 heterocycles. The molecule has 0 radical (unpaired) electrons. The molecule has 0 aromatic heterocycles. The first-order chi connectivity index (χ1) is 13.2. The molecule has 3 aromatic carbocycles. The standard InChI is InChI=1S/C21H20O5S2/c1-15-4-8-17(9-5-15)27(22,23)19-12-13-20(26-3)21(14-19)28(24,25)18-10-6-16(2)7-11-18/h4-14H,1-3H3. The number of hydrogen-bond donors (Lipinski definition) is 0. The Balaban J connectivity index is 2.18. The third kappa shape index (κ3) is 3.68. The average molecular weight is 417 g/mol. The summed E-state index contributed by atoms with van der Waals surface area (Å²) in [5.74, 6) is 0.0865. The van der Waals surface area contributed by atoms with E-state index < -0.39 is 19.7 Å². The van der Waals surface area contributed by atoms with Crippen LogP contribution >= 0.6 is 0 Å². The summed E-state index contributed by atoms with van der Waals surface area (Å²) in [5, 5.41) is 0. The Kier molecular flexibility index (Phi) is 5.32. The van der Waals surface area contributed by atoms with Gasteiger partial charge in [-0.3, -0.25) is 0 Å². The molecule has 0 bridgehead atoms. The molecule has 0 aliphatic rings. The molecule has 7 heteroatoms. The van der Waals surface area contributed by atoms with Gasteiger partial charge in [-0.2, -0.15) is 0 Å². The maximum absolute atomic E-state index is 13.1. The van der Waals surface area contributed by atoms with Crippen LogP contribution in [-0.4, -0.2) is 23.9 Å². The molecule has 0 amide bonds. The highest BCUT2D eigenvalue weighted by Crippen LogP contribution is 2.33. The van der Waals surface area contributed by atoms with E-state index in [1.165, 1.54) is 43.5 Å². The van der Waals surface area contributed by atoms with Crippen molar-refractivity contribution >= 4 is 19.7 Å². The lowest BCUT2D eigenvalue weighted by molar-refractivity contribution is 0.402. The van der Waals surface area contributed by atoms with Crippen molar-refractivity contribution in [3.8, 4) is 5.75 Å². The second-order valence-electron chi connectivity index (χ2n) is 6.45. The van der Waals surface area contributed by atoms with Crippen molar-refractivity contribution in [3.63, 3.8) is 0 Å². The van der Waals surface area contributed by atoms with Gasteiger partial charge < -0.3 is 4.74 Å². The second kappa shape index (κ2) is 7.41. The Morgan fingerprint density at radius 1 is 0.607 bits per heavy atom. The number of sulfone groups is 2. The molecular weight excluding hydrogens is 396 g/mol. The summed E-state index contributed by atoms with van der Waals surface area (Å²) >= 11 is 0. The van der Waals surface area contributed by atoms with Gasteiger partial charge in [-0.05, 0) is 56.3 Å². The summed E-state index contributed by atoms with van der Waals surface area (Å²) in [6.07, 6.45) is 0. The zero-order valence-corrected chi connectivity index (χ0v) is 17.3. The van der Waals surface area contributed by atoms with Gasteiger partial charge in [-0.15, -0.1) is 0 Å². The number of aryl methyl sites for hydroxylation is 2. The van der Waals surface area contributed by atoms with Crippen LogP contribution in [0.3, 0.4) is 0 Å². The third-order valence-electron chi connectivity index (χ3n) is 4.40. The van der Waals surface area contributed by atoms with Crippen LogP contribution in [0.2, 0.25) is 0 Å². The summed E-state index contributed by atoms with van der Waals surface area (Å²) in [6, 6.07) is 16.6. The van der Waals surface area contributed by atoms with E-state index in [1.54, 1.807) is 24.3 Å². The van der Waals surface area contributed by atoms with Gasteiger partial charge in [-0.25, -0.2) is 16.8 Å². The molecule has 146 valence electrons. The topological polar surface area (TPSA) is 77.5 Å². The molecule has 0 aliphatic heterocycles. The highest BCUT2D eigenvalue weighted by molar-refractivity contribution is 7.92. The number of benzene rings is 3. The molecule has 28 heavy (non-hydrogen) atoms. The van der Waals surface area contributed by atoms with Crippen molar-refractivity contribution in [2.24, 2.45) is 0 Å². The summed E-state index contributed by atoms with van der Waals surface area (Å²) in [7, 11) is -6.49. The minimum atomic E-state index is -3.96. The van der Waals surface area contributed by atoms with Gasteiger partial charge in [0, 0.05) is 0 Å². The molecule has 0 spiro atoms. The van der Waals surface area contributed by atoms with E-state index in [-0.39, 0.29) is 25.3 Å². The van der Waals surface area contributed by atoms with Crippen molar-refractivity contribution < 1.29 is 21.6 Å². The monoisotopic (exact) mass is 416 g/mol. The molecule has 0 unspecified atom stereocenters. The Bertz CT molecular complexity index is 1210. The SMILES string of the molecule is COc1ccc(S(=O)(=O)c2ccc(C)cc2)cc1S(=O)(=O)c1ccc(C)cc1. The molecule has 3 rings (SSSR count). The lowest BCUT2D eigenvalue weighted by Gasteiger charge is -2.12. The Hall–Kier alpha value is -2.64. The van der Waals surface area contributed by atoms with Crippen LogP contribution in [-0.2, 0) is 19.7 Å². The highest BCUT2D eigenvalue weighted by Gasteiger charge is 2.26. The van der Waals surface area contributed by atoms with Crippen LogP contribution in [0.5, 0.6) is 5.75 Å². The van der Waals surface area contributed by atoms with E-state index >= 15 is 0 Å². The summed E-state index contributed by atoms with van der Waals surface area (Å²) < 4.78 is 57.4. The predicted molar refractivity (Wildman–Crippen MR) is 106 cm³/mol. The largest absolute Gasteiger partial charge is 0.495 e. The quantitative estimate of drug-likeness (QED) is 0.629. The number of methoxy groups -OCH3 is 1. The van der Waals surface area contributed by atoms with E-state index in [0.29, 0.717) is 0 Å². The van der Waals surface area contributed by atoms with Crippen molar-refractivity contribution in [2.45, 2.75) is 33.4 Å². The molecule has 3 aromatic rings. The molecule has 5 nitrogen and oxygen atoms in total. The first kappa shape index (κ1) is 20.1. The fraction of sp³-hybridized carbons (Fsp3) is 0.143.